The van der Waals surface area contributed by atoms with Gasteiger partial charge >= 0.3 is 7.12 Å². The van der Waals surface area contributed by atoms with Crippen LogP contribution in [0.3, 0.4) is 0 Å². The molecule has 1 aromatic carbocycles. The van der Waals surface area contributed by atoms with Crippen LogP contribution >= 0.6 is 0 Å². The fourth-order valence-electron chi connectivity index (χ4n) is 2.72. The molecule has 3 rings (SSSR count). The monoisotopic (exact) mass is 376 g/mol. The Labute approximate surface area is 158 Å². The quantitative estimate of drug-likeness (QED) is 0.812. The van der Waals surface area contributed by atoms with E-state index >= 15 is 0 Å². The molecule has 0 aliphatic carbocycles. The maximum Gasteiger partial charge on any atom is 0.496 e. The van der Waals surface area contributed by atoms with Crippen LogP contribution in [0.1, 0.15) is 33.3 Å². The highest BCUT2D eigenvalue weighted by atomic mass is 19.1. The van der Waals surface area contributed by atoms with E-state index in [1.165, 1.54) is 19.2 Å². The molecule has 0 saturated carbocycles. The van der Waals surface area contributed by atoms with Crippen LogP contribution < -0.4 is 15.5 Å². The SMILES string of the molecule is COc1ncc(B2OC(C)(C)C(C)(C)O2)cc1NCc1ccc(F)cc1F. The Morgan fingerprint density at radius 3 is 2.37 bits per heavy atom. The second-order valence-electron chi connectivity index (χ2n) is 7.50. The summed E-state index contributed by atoms with van der Waals surface area (Å²) in [5, 5.41) is 3.09. The van der Waals surface area contributed by atoms with Gasteiger partial charge in [-0.05, 0) is 39.8 Å². The molecule has 27 heavy (non-hydrogen) atoms. The Bertz CT molecular complexity index is 830. The van der Waals surface area contributed by atoms with E-state index in [9.17, 15) is 8.78 Å². The highest BCUT2D eigenvalue weighted by Gasteiger charge is 2.51. The number of pyridine rings is 1. The highest BCUT2D eigenvalue weighted by molar-refractivity contribution is 6.62. The number of halogens is 2. The summed E-state index contributed by atoms with van der Waals surface area (Å²) in [6.07, 6.45) is 1.63. The topological polar surface area (TPSA) is 52.6 Å². The van der Waals surface area contributed by atoms with Crippen LogP contribution in [0, 0.1) is 11.6 Å². The van der Waals surface area contributed by atoms with Crippen molar-refractivity contribution in [3.8, 4) is 5.88 Å². The van der Waals surface area contributed by atoms with E-state index in [0.29, 0.717) is 17.1 Å². The third-order valence-electron chi connectivity index (χ3n) is 5.08. The molecule has 2 heterocycles. The zero-order valence-electron chi connectivity index (χ0n) is 16.1. The second-order valence-corrected chi connectivity index (χ2v) is 7.50. The molecule has 1 aliphatic rings. The number of aromatic nitrogens is 1. The van der Waals surface area contributed by atoms with E-state index in [-0.39, 0.29) is 6.54 Å². The summed E-state index contributed by atoms with van der Waals surface area (Å²) < 4.78 is 44.3. The fraction of sp³-hybridized carbons (Fsp3) is 0.421. The Kier molecular flexibility index (Phi) is 5.14. The second kappa shape index (κ2) is 7.09. The molecule has 5 nitrogen and oxygen atoms in total. The molecule has 0 unspecified atom stereocenters. The third kappa shape index (κ3) is 3.91. The van der Waals surface area contributed by atoms with Crippen LogP contribution in [0.25, 0.3) is 0 Å². The summed E-state index contributed by atoms with van der Waals surface area (Å²) in [6, 6.07) is 5.27. The van der Waals surface area contributed by atoms with Crippen molar-refractivity contribution in [1.29, 1.82) is 0 Å². The molecule has 8 heteroatoms. The lowest BCUT2D eigenvalue weighted by Gasteiger charge is -2.32. The van der Waals surface area contributed by atoms with Gasteiger partial charge in [0, 0.05) is 29.8 Å². The fourth-order valence-corrected chi connectivity index (χ4v) is 2.72. The van der Waals surface area contributed by atoms with Crippen LogP contribution in [0.4, 0.5) is 14.5 Å². The van der Waals surface area contributed by atoms with Gasteiger partial charge in [-0.25, -0.2) is 13.8 Å². The number of rotatable bonds is 5. The summed E-state index contributed by atoms with van der Waals surface area (Å²) in [5.74, 6) is -0.868. The molecular weight excluding hydrogens is 353 g/mol. The molecule has 1 aromatic heterocycles. The van der Waals surface area contributed by atoms with Gasteiger partial charge in [-0.2, -0.15) is 0 Å². The average molecular weight is 376 g/mol. The first-order chi connectivity index (χ1) is 12.6. The third-order valence-corrected chi connectivity index (χ3v) is 5.08. The Hall–Kier alpha value is -2.19. The largest absolute Gasteiger partial charge is 0.496 e. The summed E-state index contributed by atoms with van der Waals surface area (Å²) >= 11 is 0. The number of nitrogens with zero attached hydrogens (tertiary/aromatic N) is 1. The minimum atomic E-state index is -0.614. The predicted octanol–water partition coefficient (Wildman–Crippen LogP) is 3.28. The zero-order chi connectivity index (χ0) is 19.8. The standard InChI is InChI=1S/C19H23BF2N2O3/c1-18(2)19(3,4)27-20(26-18)13-8-16(17(25-5)24-11-13)23-10-12-6-7-14(21)9-15(12)22/h6-9,11,23H,10H2,1-5H3. The van der Waals surface area contributed by atoms with Crippen LogP contribution in [-0.4, -0.2) is 30.4 Å². The number of ether oxygens (including phenoxy) is 1. The van der Waals surface area contributed by atoms with Gasteiger partial charge in [0.1, 0.15) is 11.6 Å². The molecule has 0 bridgehead atoms. The van der Waals surface area contributed by atoms with Gasteiger partial charge in [0.15, 0.2) is 0 Å². The first kappa shape index (κ1) is 19.6. The van der Waals surface area contributed by atoms with E-state index in [4.69, 9.17) is 14.0 Å². The lowest BCUT2D eigenvalue weighted by molar-refractivity contribution is 0.00578. The van der Waals surface area contributed by atoms with Crippen molar-refractivity contribution in [2.45, 2.75) is 45.4 Å². The van der Waals surface area contributed by atoms with Crippen LogP contribution in [0.2, 0.25) is 0 Å². The first-order valence-electron chi connectivity index (χ1n) is 8.70. The van der Waals surface area contributed by atoms with E-state index in [0.717, 1.165) is 11.5 Å². The number of anilines is 1. The predicted molar refractivity (Wildman–Crippen MR) is 100 cm³/mol. The number of hydrogen-bond acceptors (Lipinski definition) is 5. The lowest BCUT2D eigenvalue weighted by Crippen LogP contribution is -2.41. The van der Waals surface area contributed by atoms with Gasteiger partial charge in [0.2, 0.25) is 5.88 Å². The van der Waals surface area contributed by atoms with Crippen molar-refractivity contribution >= 4 is 18.3 Å². The summed E-state index contributed by atoms with van der Waals surface area (Å²) in [7, 11) is 0.928. The van der Waals surface area contributed by atoms with E-state index in [1.807, 2.05) is 27.7 Å². The van der Waals surface area contributed by atoms with Crippen LogP contribution in [0.15, 0.2) is 30.5 Å². The Morgan fingerprint density at radius 1 is 1.11 bits per heavy atom. The van der Waals surface area contributed by atoms with Gasteiger partial charge in [-0.3, -0.25) is 0 Å². The summed E-state index contributed by atoms with van der Waals surface area (Å²) in [4.78, 5) is 4.29. The molecule has 0 atom stereocenters. The van der Waals surface area contributed by atoms with Gasteiger partial charge < -0.3 is 19.4 Å². The molecule has 0 amide bonds. The number of methoxy groups -OCH3 is 1. The van der Waals surface area contributed by atoms with Crippen molar-refractivity contribution in [3.05, 3.63) is 47.7 Å². The normalized spacial score (nSPS) is 17.8. The molecule has 1 aliphatic heterocycles. The lowest BCUT2D eigenvalue weighted by atomic mass is 9.80. The van der Waals surface area contributed by atoms with Crippen molar-refractivity contribution < 1.29 is 22.8 Å². The van der Waals surface area contributed by atoms with Crippen molar-refractivity contribution in [3.63, 3.8) is 0 Å². The van der Waals surface area contributed by atoms with Crippen molar-refractivity contribution in [2.75, 3.05) is 12.4 Å². The molecule has 0 spiro atoms. The van der Waals surface area contributed by atoms with Gasteiger partial charge in [0.25, 0.3) is 0 Å². The molecule has 2 aromatic rings. The Balaban J connectivity index is 1.82. The van der Waals surface area contributed by atoms with Gasteiger partial charge in [0.05, 0.1) is 24.0 Å². The Morgan fingerprint density at radius 2 is 1.78 bits per heavy atom. The van der Waals surface area contributed by atoms with Crippen LogP contribution in [-0.2, 0) is 15.9 Å². The molecule has 1 N–H and O–H groups in total. The highest BCUT2D eigenvalue weighted by Crippen LogP contribution is 2.36. The smallest absolute Gasteiger partial charge is 0.480 e. The van der Waals surface area contributed by atoms with E-state index < -0.39 is 30.0 Å². The maximum atomic E-state index is 13.9. The summed E-state index contributed by atoms with van der Waals surface area (Å²) in [5.41, 5.74) is 0.676. The van der Waals surface area contributed by atoms with E-state index in [2.05, 4.69) is 10.3 Å². The zero-order valence-corrected chi connectivity index (χ0v) is 16.1. The average Bonchev–Trinajstić information content (AvgIpc) is 2.81. The molecule has 0 radical (unpaired) electrons. The van der Waals surface area contributed by atoms with Gasteiger partial charge in [-0.1, -0.05) is 6.07 Å². The molecular formula is C19H23BF2N2O3. The van der Waals surface area contributed by atoms with Crippen molar-refractivity contribution in [1.82, 2.24) is 4.98 Å². The number of hydrogen-bond donors (Lipinski definition) is 1. The summed E-state index contributed by atoms with van der Waals surface area (Å²) in [6.45, 7) is 8.04. The van der Waals surface area contributed by atoms with E-state index in [1.54, 1.807) is 12.3 Å². The van der Waals surface area contributed by atoms with Crippen LogP contribution in [0.5, 0.6) is 5.88 Å². The van der Waals surface area contributed by atoms with Gasteiger partial charge in [-0.15, -0.1) is 0 Å². The molecule has 144 valence electrons. The number of nitrogens with one attached hydrogen (secondary N) is 1. The minimum Gasteiger partial charge on any atom is -0.480 e. The molecule has 1 fully saturated rings. The molecule has 1 saturated heterocycles. The van der Waals surface area contributed by atoms with Crippen molar-refractivity contribution in [2.24, 2.45) is 0 Å². The first-order valence-corrected chi connectivity index (χ1v) is 8.70. The maximum absolute atomic E-state index is 13.9. The number of benzene rings is 1. The minimum absolute atomic E-state index is 0.150.